The van der Waals surface area contributed by atoms with Crippen LogP contribution in [-0.2, 0) is 10.3 Å². The number of rotatable bonds is 5. The fourth-order valence-electron chi connectivity index (χ4n) is 3.83. The molecule has 7 nitrogen and oxygen atoms in total. The van der Waals surface area contributed by atoms with Gasteiger partial charge < -0.3 is 5.32 Å². The van der Waals surface area contributed by atoms with Crippen LogP contribution in [0.4, 0.5) is 10.1 Å². The Labute approximate surface area is 177 Å². The van der Waals surface area contributed by atoms with E-state index in [2.05, 4.69) is 10.6 Å². The number of nitro benzene ring substituents is 1. The third-order valence-electron chi connectivity index (χ3n) is 5.36. The van der Waals surface area contributed by atoms with Crippen molar-refractivity contribution < 1.29 is 18.9 Å². The highest BCUT2D eigenvalue weighted by Crippen LogP contribution is 2.40. The van der Waals surface area contributed by atoms with Crippen LogP contribution in [0.2, 0.25) is 0 Å². The van der Waals surface area contributed by atoms with E-state index in [9.17, 15) is 24.1 Å². The first kappa shape index (κ1) is 21.5. The average Bonchev–Trinajstić information content (AvgIpc) is 3.15. The molecule has 2 aromatic rings. The van der Waals surface area contributed by atoms with Gasteiger partial charge in [0.15, 0.2) is 5.11 Å². The molecule has 156 valence electrons. The van der Waals surface area contributed by atoms with Gasteiger partial charge in [0.1, 0.15) is 11.6 Å². The first-order valence-electron chi connectivity index (χ1n) is 9.38. The first-order chi connectivity index (χ1) is 14.2. The molecule has 1 saturated carbocycles. The van der Waals surface area contributed by atoms with Crippen molar-refractivity contribution in [1.82, 2.24) is 10.6 Å². The molecule has 2 N–H and O–H groups in total. The van der Waals surface area contributed by atoms with Gasteiger partial charge in [0.05, 0.1) is 10.5 Å². The Morgan fingerprint density at radius 3 is 2.57 bits per heavy atom. The van der Waals surface area contributed by atoms with Crippen LogP contribution in [0, 0.1) is 21.8 Å². The van der Waals surface area contributed by atoms with Crippen LogP contribution >= 0.6 is 12.2 Å². The molecule has 0 saturated heterocycles. The SMILES string of the molecule is CC(NC(=S)NC(=O)c1ccccc1)(c1cc([N+](=O)[O-])ccc1F)C1CCCC1=O. The standard InChI is InChI=1S/C21H20FN3O4S/c1-21(15-8-5-9-18(15)26,16-12-14(25(28)29)10-11-17(16)22)24-20(30)23-19(27)13-6-3-2-4-7-13/h2-4,6-7,10-12,15H,5,8-9H2,1H3,(H2,23,24,27,30). The van der Waals surface area contributed by atoms with Crippen molar-refractivity contribution in [2.45, 2.75) is 31.7 Å². The molecule has 3 rings (SSSR count). The maximum atomic E-state index is 14.8. The van der Waals surface area contributed by atoms with E-state index in [0.29, 0.717) is 24.8 Å². The van der Waals surface area contributed by atoms with Crippen LogP contribution in [-0.4, -0.2) is 21.7 Å². The van der Waals surface area contributed by atoms with E-state index in [-0.39, 0.29) is 22.1 Å². The molecule has 1 fully saturated rings. The van der Waals surface area contributed by atoms with Crippen LogP contribution in [0.15, 0.2) is 48.5 Å². The lowest BCUT2D eigenvalue weighted by Gasteiger charge is -2.37. The number of non-ortho nitro benzene ring substituents is 1. The summed E-state index contributed by atoms with van der Waals surface area (Å²) in [4.78, 5) is 35.5. The summed E-state index contributed by atoms with van der Waals surface area (Å²) in [5.41, 5.74) is -1.34. The lowest BCUT2D eigenvalue weighted by molar-refractivity contribution is -0.385. The topological polar surface area (TPSA) is 101 Å². The molecular weight excluding hydrogens is 409 g/mol. The summed E-state index contributed by atoms with van der Waals surface area (Å²) in [6.07, 6.45) is 1.43. The van der Waals surface area contributed by atoms with E-state index in [1.54, 1.807) is 37.3 Å². The Balaban J connectivity index is 1.94. The van der Waals surface area contributed by atoms with Gasteiger partial charge in [-0.25, -0.2) is 4.39 Å². The highest BCUT2D eigenvalue weighted by Gasteiger charge is 2.45. The Morgan fingerprint density at radius 2 is 1.97 bits per heavy atom. The van der Waals surface area contributed by atoms with Gasteiger partial charge in [-0.2, -0.15) is 0 Å². The summed E-state index contributed by atoms with van der Waals surface area (Å²) >= 11 is 5.27. The molecule has 1 aliphatic carbocycles. The number of Topliss-reactive ketones (excluding diaryl/α,β-unsaturated/α-hetero) is 1. The summed E-state index contributed by atoms with van der Waals surface area (Å²) in [6, 6.07) is 11.5. The molecular formula is C21H20FN3O4S. The molecule has 0 radical (unpaired) electrons. The summed E-state index contributed by atoms with van der Waals surface area (Å²) in [7, 11) is 0. The van der Waals surface area contributed by atoms with Crippen molar-refractivity contribution in [3.63, 3.8) is 0 Å². The maximum Gasteiger partial charge on any atom is 0.269 e. The number of nitrogens with zero attached hydrogens (tertiary/aromatic N) is 1. The normalized spacial score (nSPS) is 17.8. The fraction of sp³-hybridized carbons (Fsp3) is 0.286. The number of hydrogen-bond donors (Lipinski definition) is 2. The van der Waals surface area contributed by atoms with E-state index >= 15 is 0 Å². The highest BCUT2D eigenvalue weighted by atomic mass is 32.1. The van der Waals surface area contributed by atoms with E-state index in [1.807, 2.05) is 0 Å². The van der Waals surface area contributed by atoms with Gasteiger partial charge in [-0.05, 0) is 50.2 Å². The van der Waals surface area contributed by atoms with Crippen LogP contribution < -0.4 is 10.6 Å². The monoisotopic (exact) mass is 429 g/mol. The Hall–Kier alpha value is -3.20. The zero-order valence-corrected chi connectivity index (χ0v) is 17.0. The average molecular weight is 429 g/mol. The molecule has 30 heavy (non-hydrogen) atoms. The fourth-order valence-corrected chi connectivity index (χ4v) is 4.13. The first-order valence-corrected chi connectivity index (χ1v) is 9.79. The largest absolute Gasteiger partial charge is 0.352 e. The Bertz CT molecular complexity index is 1010. The van der Waals surface area contributed by atoms with Gasteiger partial charge in [-0.15, -0.1) is 0 Å². The molecule has 2 unspecified atom stereocenters. The molecule has 1 aliphatic rings. The van der Waals surface area contributed by atoms with Crippen LogP contribution in [0.1, 0.15) is 42.1 Å². The molecule has 0 aromatic heterocycles. The van der Waals surface area contributed by atoms with E-state index < -0.39 is 28.1 Å². The molecule has 2 atom stereocenters. The number of halogens is 1. The number of nitro groups is 1. The number of nitrogens with one attached hydrogen (secondary N) is 2. The zero-order chi connectivity index (χ0) is 21.9. The smallest absolute Gasteiger partial charge is 0.269 e. The van der Waals surface area contributed by atoms with Gasteiger partial charge >= 0.3 is 0 Å². The third-order valence-corrected chi connectivity index (χ3v) is 5.56. The van der Waals surface area contributed by atoms with Gasteiger partial charge in [0, 0.05) is 35.6 Å². The van der Waals surface area contributed by atoms with Crippen molar-refractivity contribution in [2.24, 2.45) is 5.92 Å². The molecule has 0 spiro atoms. The Morgan fingerprint density at radius 1 is 1.27 bits per heavy atom. The van der Waals surface area contributed by atoms with Gasteiger partial charge in [0.25, 0.3) is 11.6 Å². The predicted molar refractivity (Wildman–Crippen MR) is 112 cm³/mol. The lowest BCUT2D eigenvalue weighted by atomic mass is 9.77. The van der Waals surface area contributed by atoms with E-state index in [0.717, 1.165) is 18.2 Å². The molecule has 2 aromatic carbocycles. The minimum absolute atomic E-state index is 0.0479. The Kier molecular flexibility index (Phi) is 6.21. The minimum Gasteiger partial charge on any atom is -0.352 e. The highest BCUT2D eigenvalue weighted by molar-refractivity contribution is 7.80. The zero-order valence-electron chi connectivity index (χ0n) is 16.2. The number of ketones is 1. The van der Waals surface area contributed by atoms with Gasteiger partial charge in [-0.1, -0.05) is 18.2 Å². The van der Waals surface area contributed by atoms with Gasteiger partial charge in [-0.3, -0.25) is 25.0 Å². The summed E-state index contributed by atoms with van der Waals surface area (Å²) < 4.78 is 14.8. The second-order valence-electron chi connectivity index (χ2n) is 7.31. The van der Waals surface area contributed by atoms with Crippen molar-refractivity contribution >= 4 is 34.7 Å². The summed E-state index contributed by atoms with van der Waals surface area (Å²) in [6.45, 7) is 1.57. The second-order valence-corrected chi connectivity index (χ2v) is 7.72. The van der Waals surface area contributed by atoms with E-state index in [1.165, 1.54) is 0 Å². The number of carbonyl (C=O) groups excluding carboxylic acids is 2. The lowest BCUT2D eigenvalue weighted by Crippen LogP contribution is -2.54. The molecule has 0 aliphatic heterocycles. The van der Waals surface area contributed by atoms with Gasteiger partial charge in [0.2, 0.25) is 0 Å². The number of thiocarbonyl (C=S) groups is 1. The summed E-state index contributed by atoms with van der Waals surface area (Å²) in [5.74, 6) is -1.91. The van der Waals surface area contributed by atoms with Crippen molar-refractivity contribution in [1.29, 1.82) is 0 Å². The molecule has 0 bridgehead atoms. The minimum atomic E-state index is -1.37. The number of benzene rings is 2. The second kappa shape index (κ2) is 8.66. The van der Waals surface area contributed by atoms with Crippen molar-refractivity contribution in [3.8, 4) is 0 Å². The quantitative estimate of drug-likeness (QED) is 0.428. The van der Waals surface area contributed by atoms with Crippen molar-refractivity contribution in [2.75, 3.05) is 0 Å². The van der Waals surface area contributed by atoms with Crippen LogP contribution in [0.25, 0.3) is 0 Å². The van der Waals surface area contributed by atoms with E-state index in [4.69, 9.17) is 12.2 Å². The van der Waals surface area contributed by atoms with Crippen molar-refractivity contribution in [3.05, 3.63) is 75.6 Å². The predicted octanol–water partition coefficient (Wildman–Crippen LogP) is 3.62. The van der Waals surface area contributed by atoms with Crippen LogP contribution in [0.3, 0.4) is 0 Å². The number of amides is 1. The van der Waals surface area contributed by atoms with Crippen LogP contribution in [0.5, 0.6) is 0 Å². The third kappa shape index (κ3) is 4.35. The number of carbonyl (C=O) groups is 2. The molecule has 1 amide bonds. The number of hydrogen-bond acceptors (Lipinski definition) is 5. The molecule has 9 heteroatoms. The summed E-state index contributed by atoms with van der Waals surface area (Å²) in [5, 5.41) is 16.6. The molecule has 0 heterocycles. The maximum absolute atomic E-state index is 14.8.